The Morgan fingerprint density at radius 2 is 2.09 bits per heavy atom. The van der Waals surface area contributed by atoms with Crippen molar-refractivity contribution in [2.45, 2.75) is 25.7 Å². The van der Waals surface area contributed by atoms with Gasteiger partial charge in [-0.1, -0.05) is 12.1 Å². The predicted molar refractivity (Wildman–Crippen MR) is 123 cm³/mol. The van der Waals surface area contributed by atoms with Crippen LogP contribution >= 0.6 is 0 Å². The number of amides is 2. The van der Waals surface area contributed by atoms with E-state index in [0.29, 0.717) is 79.2 Å². The van der Waals surface area contributed by atoms with Crippen LogP contribution in [0.3, 0.4) is 0 Å². The van der Waals surface area contributed by atoms with E-state index in [4.69, 9.17) is 4.74 Å². The zero-order valence-electron chi connectivity index (χ0n) is 18.6. The number of carbonyl (C=O) groups is 2. The second kappa shape index (κ2) is 9.05. The first-order valence-electron chi connectivity index (χ1n) is 11.3. The second-order valence-corrected chi connectivity index (χ2v) is 8.50. The summed E-state index contributed by atoms with van der Waals surface area (Å²) in [6.45, 7) is 2.22. The highest BCUT2D eigenvalue weighted by atomic mass is 16.5. The Morgan fingerprint density at radius 3 is 2.94 bits per heavy atom. The zero-order valence-corrected chi connectivity index (χ0v) is 18.6. The first-order valence-corrected chi connectivity index (χ1v) is 11.3. The molecule has 3 aromatic rings. The number of fused-ring (bicyclic) bond motifs is 2. The lowest BCUT2D eigenvalue weighted by Crippen LogP contribution is -2.30. The molecule has 0 atom stereocenters. The average Bonchev–Trinajstić information content (AvgIpc) is 3.59. The van der Waals surface area contributed by atoms with E-state index in [0.717, 1.165) is 12.8 Å². The number of benzene rings is 1. The van der Waals surface area contributed by atoms with Gasteiger partial charge >= 0.3 is 0 Å². The van der Waals surface area contributed by atoms with Crippen LogP contribution in [0.2, 0.25) is 0 Å². The fourth-order valence-corrected chi connectivity index (χ4v) is 3.99. The summed E-state index contributed by atoms with van der Waals surface area (Å²) < 4.78 is 7.67. The van der Waals surface area contributed by atoms with E-state index in [9.17, 15) is 9.59 Å². The number of imidazole rings is 1. The van der Waals surface area contributed by atoms with Crippen molar-refractivity contribution in [2.24, 2.45) is 13.0 Å². The van der Waals surface area contributed by atoms with Gasteiger partial charge in [0.1, 0.15) is 18.7 Å². The number of anilines is 2. The average molecular weight is 450 g/mol. The molecule has 0 saturated heterocycles. The highest BCUT2D eigenvalue weighted by Gasteiger charge is 2.25. The summed E-state index contributed by atoms with van der Waals surface area (Å²) in [4.78, 5) is 40.6. The number of aryl methyl sites for hydroxylation is 1. The molecule has 0 spiro atoms. The van der Waals surface area contributed by atoms with Crippen LogP contribution in [0.25, 0.3) is 11.2 Å². The molecule has 2 amide bonds. The summed E-state index contributed by atoms with van der Waals surface area (Å²) in [5.41, 5.74) is 1.83. The maximum atomic E-state index is 12.7. The number of aromatic nitrogens is 4. The van der Waals surface area contributed by atoms with Crippen LogP contribution in [0.5, 0.6) is 5.75 Å². The fourth-order valence-electron chi connectivity index (χ4n) is 3.99. The number of hydrogen-bond acceptors (Lipinski definition) is 7. The molecule has 0 unspecified atom stereocenters. The molecule has 2 aromatic heterocycles. The van der Waals surface area contributed by atoms with Crippen molar-refractivity contribution in [3.8, 4) is 5.75 Å². The van der Waals surface area contributed by atoms with Crippen molar-refractivity contribution in [3.05, 3.63) is 36.4 Å². The number of carbonyl (C=O) groups excluding carboxylic acids is 2. The van der Waals surface area contributed by atoms with E-state index in [2.05, 4.69) is 25.6 Å². The number of nitrogens with one attached hydrogen (secondary N) is 2. The lowest BCUT2D eigenvalue weighted by atomic mass is 10.2. The minimum atomic E-state index is -0.206. The first kappa shape index (κ1) is 21.2. The molecule has 1 saturated carbocycles. The van der Waals surface area contributed by atoms with Gasteiger partial charge in [-0.25, -0.2) is 15.0 Å². The molecule has 0 bridgehead atoms. The number of ether oxygens (including phenoxy) is 1. The van der Waals surface area contributed by atoms with Crippen LogP contribution in [0.1, 0.15) is 36.3 Å². The van der Waals surface area contributed by atoms with Gasteiger partial charge in [-0.3, -0.25) is 9.59 Å². The molecule has 33 heavy (non-hydrogen) atoms. The summed E-state index contributed by atoms with van der Waals surface area (Å²) in [5.74, 6) is 1.89. The monoisotopic (exact) mass is 449 g/mol. The molecule has 2 aliphatic rings. The Labute approximate surface area is 191 Å². The predicted octanol–water partition coefficient (Wildman–Crippen LogP) is 2.12. The molecule has 10 nitrogen and oxygen atoms in total. The Morgan fingerprint density at radius 1 is 1.24 bits per heavy atom. The Hall–Kier alpha value is -3.69. The van der Waals surface area contributed by atoms with E-state index in [1.54, 1.807) is 11.6 Å². The molecule has 3 heterocycles. The highest BCUT2D eigenvalue weighted by Crippen LogP contribution is 2.28. The third-order valence-electron chi connectivity index (χ3n) is 6.00. The summed E-state index contributed by atoms with van der Waals surface area (Å²) in [6, 6.07) is 7.41. The molecule has 1 aliphatic carbocycles. The van der Waals surface area contributed by atoms with Gasteiger partial charge in [-0.15, -0.1) is 0 Å². The van der Waals surface area contributed by atoms with Crippen molar-refractivity contribution >= 4 is 34.5 Å². The molecular weight excluding hydrogens is 422 g/mol. The zero-order chi connectivity index (χ0) is 22.8. The molecule has 5 rings (SSSR count). The maximum Gasteiger partial charge on any atom is 0.287 e. The molecule has 1 aliphatic heterocycles. The van der Waals surface area contributed by atoms with Gasteiger partial charge in [0.15, 0.2) is 17.0 Å². The Kier molecular flexibility index (Phi) is 5.80. The van der Waals surface area contributed by atoms with Crippen molar-refractivity contribution in [2.75, 3.05) is 36.5 Å². The smallest absolute Gasteiger partial charge is 0.287 e. The van der Waals surface area contributed by atoms with Crippen molar-refractivity contribution in [1.29, 1.82) is 0 Å². The minimum absolute atomic E-state index is 0.0619. The Bertz CT molecular complexity index is 1190. The molecule has 0 radical (unpaired) electrons. The molecule has 1 fully saturated rings. The lowest BCUT2D eigenvalue weighted by molar-refractivity contribution is -0.116. The summed E-state index contributed by atoms with van der Waals surface area (Å²) >= 11 is 0. The first-order chi connectivity index (χ1) is 16.1. The van der Waals surface area contributed by atoms with E-state index in [1.165, 1.54) is 6.33 Å². The van der Waals surface area contributed by atoms with Crippen molar-refractivity contribution < 1.29 is 14.3 Å². The number of hydrogen-bond donors (Lipinski definition) is 2. The number of para-hydroxylation sites is 2. The van der Waals surface area contributed by atoms with Crippen molar-refractivity contribution in [1.82, 2.24) is 24.8 Å². The quantitative estimate of drug-likeness (QED) is 0.627. The summed E-state index contributed by atoms with van der Waals surface area (Å²) in [5, 5.41) is 5.89. The van der Waals surface area contributed by atoms with Crippen molar-refractivity contribution in [3.63, 3.8) is 0 Å². The molecule has 2 N–H and O–H groups in total. The van der Waals surface area contributed by atoms with Crippen LogP contribution in [-0.2, 0) is 11.8 Å². The third-order valence-corrected chi connectivity index (χ3v) is 6.00. The molecular formula is C23H27N7O3. The fraction of sp³-hybridized carbons (Fsp3) is 0.435. The molecule has 10 heteroatoms. The van der Waals surface area contributed by atoms with Gasteiger partial charge in [-0.2, -0.15) is 0 Å². The normalized spacial score (nSPS) is 17.0. The third kappa shape index (κ3) is 4.59. The number of nitrogens with zero attached hydrogens (tertiary/aromatic N) is 5. The van der Waals surface area contributed by atoms with Gasteiger partial charge in [0.25, 0.3) is 5.91 Å². The lowest BCUT2D eigenvalue weighted by Gasteiger charge is -2.23. The molecule has 172 valence electrons. The second-order valence-electron chi connectivity index (χ2n) is 8.50. The van der Waals surface area contributed by atoms with E-state index in [-0.39, 0.29) is 11.8 Å². The topological polar surface area (TPSA) is 114 Å². The molecule has 1 aromatic carbocycles. The standard InChI is InChI=1S/C23H27N7O3/c1-29-20-19(28-22(29)23(32)24-13-15-8-9-15)21(26-14-25-20)30-10-4-7-18(31)27-16-5-2-3-6-17(16)33-12-11-30/h2-3,5-6,14-15H,4,7-13H2,1H3,(H,24,32)(H,27,31). The van der Waals surface area contributed by atoms with E-state index >= 15 is 0 Å². The summed E-state index contributed by atoms with van der Waals surface area (Å²) in [6.07, 6.45) is 4.83. The maximum absolute atomic E-state index is 12.7. The van der Waals surface area contributed by atoms with Gasteiger partial charge in [-0.05, 0) is 37.3 Å². The number of rotatable bonds is 4. The van der Waals surface area contributed by atoms with E-state index in [1.807, 2.05) is 29.2 Å². The SMILES string of the molecule is Cn1c(C(=O)NCC2CC2)nc2c(N3CCCC(=O)Nc4ccccc4OCC3)ncnc21. The van der Waals surface area contributed by atoms with E-state index < -0.39 is 0 Å². The Balaban J connectivity index is 1.41. The van der Waals surface area contributed by atoms with Gasteiger partial charge < -0.3 is 24.8 Å². The van der Waals surface area contributed by atoms with Crippen LogP contribution in [0.4, 0.5) is 11.5 Å². The van der Waals surface area contributed by atoms with Gasteiger partial charge in [0.2, 0.25) is 11.7 Å². The highest BCUT2D eigenvalue weighted by molar-refractivity contribution is 5.96. The van der Waals surface area contributed by atoms with Crippen LogP contribution in [0, 0.1) is 5.92 Å². The summed E-state index contributed by atoms with van der Waals surface area (Å²) in [7, 11) is 1.79. The van der Waals surface area contributed by atoms with Crippen LogP contribution in [0.15, 0.2) is 30.6 Å². The van der Waals surface area contributed by atoms with Gasteiger partial charge in [0, 0.05) is 26.6 Å². The van der Waals surface area contributed by atoms with Crippen LogP contribution in [-0.4, -0.2) is 57.6 Å². The largest absolute Gasteiger partial charge is 0.490 e. The van der Waals surface area contributed by atoms with Crippen LogP contribution < -0.4 is 20.3 Å². The minimum Gasteiger partial charge on any atom is -0.490 e. The van der Waals surface area contributed by atoms with Gasteiger partial charge in [0.05, 0.1) is 12.2 Å².